The van der Waals surface area contributed by atoms with Gasteiger partial charge in [-0.25, -0.2) is 19.3 Å². The molecule has 0 unspecified atom stereocenters. The molecule has 3 aromatic heterocycles. The zero-order valence-corrected chi connectivity index (χ0v) is 19.0. The van der Waals surface area contributed by atoms with Gasteiger partial charge in [0.15, 0.2) is 5.82 Å². The van der Waals surface area contributed by atoms with Gasteiger partial charge in [0, 0.05) is 34.8 Å². The predicted octanol–water partition coefficient (Wildman–Crippen LogP) is 6.37. The van der Waals surface area contributed by atoms with Gasteiger partial charge in [0.2, 0.25) is 0 Å². The van der Waals surface area contributed by atoms with E-state index >= 15 is 0 Å². The number of nitrogens with one attached hydrogen (secondary N) is 2. The van der Waals surface area contributed by atoms with Crippen LogP contribution in [-0.4, -0.2) is 26.0 Å². The molecule has 0 saturated heterocycles. The van der Waals surface area contributed by atoms with Crippen molar-refractivity contribution in [2.75, 3.05) is 5.32 Å². The number of aryl methyl sites for hydroxylation is 1. The van der Waals surface area contributed by atoms with E-state index in [1.807, 2.05) is 6.20 Å². The molecule has 7 rings (SSSR count). The van der Waals surface area contributed by atoms with Crippen LogP contribution in [0.3, 0.4) is 0 Å². The highest BCUT2D eigenvalue weighted by molar-refractivity contribution is 5.92. The van der Waals surface area contributed by atoms with Crippen LogP contribution in [0.4, 0.5) is 10.2 Å². The Hall–Kier alpha value is -3.28. The van der Waals surface area contributed by atoms with Gasteiger partial charge in [0.25, 0.3) is 0 Å². The minimum Gasteiger partial charge on any atom is -0.367 e. The molecule has 4 aromatic rings. The molecule has 0 aliphatic heterocycles. The van der Waals surface area contributed by atoms with Gasteiger partial charge in [0.1, 0.15) is 17.3 Å². The average Bonchev–Trinajstić information content (AvgIpc) is 3.25. The summed E-state index contributed by atoms with van der Waals surface area (Å²) in [5, 5.41) is 4.48. The molecular formula is C27H28FN5. The number of anilines is 1. The summed E-state index contributed by atoms with van der Waals surface area (Å²) in [6.07, 6.45) is 8.33. The number of hydrogen-bond donors (Lipinski definition) is 2. The second kappa shape index (κ2) is 7.94. The van der Waals surface area contributed by atoms with Crippen molar-refractivity contribution in [3.8, 4) is 22.6 Å². The smallest absolute Gasteiger partial charge is 0.164 e. The van der Waals surface area contributed by atoms with Crippen LogP contribution in [0, 0.1) is 30.5 Å². The third kappa shape index (κ3) is 3.67. The summed E-state index contributed by atoms with van der Waals surface area (Å²) in [4.78, 5) is 17.1. The fraction of sp³-hybridized carbons (Fsp3) is 0.370. The van der Waals surface area contributed by atoms with Crippen molar-refractivity contribution in [1.29, 1.82) is 0 Å². The van der Waals surface area contributed by atoms with Crippen molar-refractivity contribution < 1.29 is 4.39 Å². The Kier molecular flexibility index (Phi) is 4.89. The first kappa shape index (κ1) is 20.3. The molecule has 168 valence electrons. The van der Waals surface area contributed by atoms with E-state index in [0.717, 1.165) is 28.6 Å². The first-order valence-electron chi connectivity index (χ1n) is 11.9. The van der Waals surface area contributed by atoms with E-state index in [1.54, 1.807) is 0 Å². The van der Waals surface area contributed by atoms with Crippen LogP contribution in [0.5, 0.6) is 0 Å². The summed E-state index contributed by atoms with van der Waals surface area (Å²) in [6, 6.07) is 12.3. The lowest BCUT2D eigenvalue weighted by Crippen LogP contribution is -2.47. The van der Waals surface area contributed by atoms with Crippen molar-refractivity contribution in [1.82, 2.24) is 19.9 Å². The number of halogens is 1. The van der Waals surface area contributed by atoms with Crippen molar-refractivity contribution >= 4 is 16.9 Å². The Morgan fingerprint density at radius 3 is 2.52 bits per heavy atom. The number of fused-ring (bicyclic) bond motifs is 4. The van der Waals surface area contributed by atoms with E-state index < -0.39 is 0 Å². The highest BCUT2D eigenvalue weighted by atomic mass is 19.1. The van der Waals surface area contributed by atoms with Crippen molar-refractivity contribution in [2.45, 2.75) is 45.6 Å². The fourth-order valence-corrected chi connectivity index (χ4v) is 5.85. The van der Waals surface area contributed by atoms with Gasteiger partial charge in [-0.3, -0.25) is 0 Å². The summed E-state index contributed by atoms with van der Waals surface area (Å²) in [5.41, 5.74) is 4.48. The predicted molar refractivity (Wildman–Crippen MR) is 129 cm³/mol. The van der Waals surface area contributed by atoms with Crippen LogP contribution in [-0.2, 0) is 0 Å². The number of nitrogens with zero attached hydrogens (tertiary/aromatic N) is 3. The average molecular weight is 442 g/mol. The number of aromatic nitrogens is 4. The summed E-state index contributed by atoms with van der Waals surface area (Å²) in [7, 11) is 0. The molecular weight excluding hydrogens is 413 g/mol. The maximum atomic E-state index is 14.0. The lowest BCUT2D eigenvalue weighted by molar-refractivity contribution is 0.0928. The van der Waals surface area contributed by atoms with Crippen molar-refractivity contribution in [2.24, 2.45) is 17.8 Å². The van der Waals surface area contributed by atoms with Gasteiger partial charge in [-0.1, -0.05) is 36.8 Å². The van der Waals surface area contributed by atoms with Gasteiger partial charge in [-0.15, -0.1) is 0 Å². The molecule has 6 heteroatoms. The number of benzene rings is 1. The molecule has 0 spiro atoms. The molecule has 5 nitrogen and oxygen atoms in total. The molecule has 0 radical (unpaired) electrons. The number of rotatable bonds is 4. The molecule has 3 heterocycles. The van der Waals surface area contributed by atoms with Gasteiger partial charge >= 0.3 is 0 Å². The van der Waals surface area contributed by atoms with E-state index in [1.165, 1.54) is 43.5 Å². The zero-order valence-electron chi connectivity index (χ0n) is 19.0. The molecule has 2 atom stereocenters. The maximum Gasteiger partial charge on any atom is 0.164 e. The van der Waals surface area contributed by atoms with Gasteiger partial charge in [-0.05, 0) is 56.4 Å². The summed E-state index contributed by atoms with van der Waals surface area (Å²) in [6.45, 7) is 4.46. The summed E-state index contributed by atoms with van der Waals surface area (Å²) < 4.78 is 14.0. The normalized spacial score (nSPS) is 24.3. The largest absolute Gasteiger partial charge is 0.367 e. The quantitative estimate of drug-likeness (QED) is 0.386. The SMILES string of the molecule is Cc1ccc(-c2cc(N[C@H]3C4CCC(CC4)[C@@H]3C)nc(-c3c[nH]c4ncc(F)cc34)n2)cc1. The second-order valence-corrected chi connectivity index (χ2v) is 9.78. The minimum atomic E-state index is -0.372. The lowest BCUT2D eigenvalue weighted by atomic mass is 9.62. The Labute approximate surface area is 192 Å². The van der Waals surface area contributed by atoms with Gasteiger partial charge in [0.05, 0.1) is 11.9 Å². The Bertz CT molecular complexity index is 1300. The van der Waals surface area contributed by atoms with Gasteiger partial charge in [-0.2, -0.15) is 0 Å². The van der Waals surface area contributed by atoms with E-state index in [9.17, 15) is 4.39 Å². The molecule has 3 aliphatic carbocycles. The standard InChI is InChI=1S/C27H28FN5/c1-15-3-5-18(6-4-15)23-12-24(32-25-16(2)17-7-9-19(25)10-8-17)33-27(31-23)22-14-30-26-21(22)11-20(28)13-29-26/h3-6,11-14,16-17,19,25H,7-10H2,1-2H3,(H,29,30)(H,31,32,33)/t16-,17?,19?,25+/m0/s1. The Balaban J connectivity index is 1.45. The van der Waals surface area contributed by atoms with Crippen LogP contribution in [0.1, 0.15) is 38.2 Å². The first-order valence-corrected chi connectivity index (χ1v) is 11.9. The topological polar surface area (TPSA) is 66.5 Å². The van der Waals surface area contributed by atoms with Crippen LogP contribution < -0.4 is 5.32 Å². The van der Waals surface area contributed by atoms with Crippen LogP contribution >= 0.6 is 0 Å². The maximum absolute atomic E-state index is 14.0. The molecule has 2 bridgehead atoms. The Morgan fingerprint density at radius 2 is 1.76 bits per heavy atom. The number of pyridine rings is 1. The molecule has 3 fully saturated rings. The molecule has 1 aromatic carbocycles. The van der Waals surface area contributed by atoms with Crippen molar-refractivity contribution in [3.05, 3.63) is 60.2 Å². The van der Waals surface area contributed by atoms with E-state index in [-0.39, 0.29) is 5.82 Å². The molecule has 0 amide bonds. The highest BCUT2D eigenvalue weighted by Crippen LogP contribution is 2.46. The molecule has 33 heavy (non-hydrogen) atoms. The second-order valence-electron chi connectivity index (χ2n) is 9.78. The van der Waals surface area contributed by atoms with E-state index in [2.05, 4.69) is 59.5 Å². The lowest BCUT2D eigenvalue weighted by Gasteiger charge is -2.47. The summed E-state index contributed by atoms with van der Waals surface area (Å²) >= 11 is 0. The van der Waals surface area contributed by atoms with E-state index in [4.69, 9.17) is 9.97 Å². The van der Waals surface area contributed by atoms with Crippen molar-refractivity contribution in [3.63, 3.8) is 0 Å². The summed E-state index contributed by atoms with van der Waals surface area (Å²) in [5.74, 6) is 3.15. The monoisotopic (exact) mass is 441 g/mol. The molecule has 3 saturated carbocycles. The minimum absolute atomic E-state index is 0.372. The first-order chi connectivity index (χ1) is 16.0. The van der Waals surface area contributed by atoms with Gasteiger partial charge < -0.3 is 10.3 Å². The number of aromatic amines is 1. The number of H-pyrrole nitrogens is 1. The third-order valence-electron chi connectivity index (χ3n) is 7.76. The van der Waals surface area contributed by atoms with Crippen LogP contribution in [0.25, 0.3) is 33.7 Å². The number of hydrogen-bond acceptors (Lipinski definition) is 4. The molecule has 3 aliphatic rings. The Morgan fingerprint density at radius 1 is 1.00 bits per heavy atom. The third-order valence-corrected chi connectivity index (χ3v) is 7.76. The van der Waals surface area contributed by atoms with E-state index in [0.29, 0.717) is 34.7 Å². The zero-order chi connectivity index (χ0) is 22.5. The molecule has 2 N–H and O–H groups in total. The van der Waals surface area contributed by atoms with Crippen LogP contribution in [0.2, 0.25) is 0 Å². The highest BCUT2D eigenvalue weighted by Gasteiger charge is 2.41. The van der Waals surface area contributed by atoms with Crippen LogP contribution in [0.15, 0.2) is 48.8 Å². The fourth-order valence-electron chi connectivity index (χ4n) is 5.85.